The van der Waals surface area contributed by atoms with Crippen LogP contribution in [0.25, 0.3) is 0 Å². The molecule has 10 heteroatoms. The summed E-state index contributed by atoms with van der Waals surface area (Å²) in [6.07, 6.45) is 108. The highest BCUT2D eigenvalue weighted by molar-refractivity contribution is 7.45. The normalized spacial score (nSPS) is 13.9. The Morgan fingerprint density at radius 3 is 0.851 bits per heavy atom. The van der Waals surface area contributed by atoms with Crippen LogP contribution in [0.4, 0.5) is 0 Å². The fourth-order valence-electron chi connectivity index (χ4n) is 10.5. The van der Waals surface area contributed by atoms with Crippen molar-refractivity contribution in [2.24, 2.45) is 0 Å². The average molecular weight is 1330 g/mol. The highest BCUT2D eigenvalue weighted by Crippen LogP contribution is 2.38. The van der Waals surface area contributed by atoms with E-state index in [1.807, 2.05) is 21.1 Å². The maximum absolute atomic E-state index is 12.9. The molecule has 538 valence electrons. The molecular formula is C84H144NO8P. The van der Waals surface area contributed by atoms with Gasteiger partial charge in [0.1, 0.15) is 19.8 Å². The van der Waals surface area contributed by atoms with E-state index in [2.05, 4.69) is 160 Å². The Balaban J connectivity index is 3.99. The fraction of sp³-hybridized carbons (Fsp3) is 0.690. The highest BCUT2D eigenvalue weighted by Gasteiger charge is 2.22. The Morgan fingerprint density at radius 1 is 0.330 bits per heavy atom. The second kappa shape index (κ2) is 73.1. The first-order valence-electron chi connectivity index (χ1n) is 38.5. The summed E-state index contributed by atoms with van der Waals surface area (Å²) in [6, 6.07) is 0. The third kappa shape index (κ3) is 76.9. The Kier molecular flexibility index (Phi) is 69.9. The zero-order chi connectivity index (χ0) is 68.3. The van der Waals surface area contributed by atoms with E-state index >= 15 is 0 Å². The van der Waals surface area contributed by atoms with Crippen LogP contribution in [0.1, 0.15) is 322 Å². The van der Waals surface area contributed by atoms with E-state index < -0.39 is 26.5 Å². The summed E-state index contributed by atoms with van der Waals surface area (Å²) in [5.74, 6) is -0.830. The first-order valence-corrected chi connectivity index (χ1v) is 40.0. The monoisotopic (exact) mass is 1330 g/mol. The van der Waals surface area contributed by atoms with Crippen LogP contribution in [-0.2, 0) is 32.7 Å². The number of allylic oxidation sites excluding steroid dienone is 24. The molecule has 0 fully saturated rings. The molecule has 0 spiro atoms. The van der Waals surface area contributed by atoms with Gasteiger partial charge in [-0.05, 0) is 116 Å². The molecular weight excluding hydrogens is 1180 g/mol. The van der Waals surface area contributed by atoms with Gasteiger partial charge in [0.15, 0.2) is 6.10 Å². The molecule has 0 aromatic rings. The smallest absolute Gasteiger partial charge is 0.306 e. The Morgan fingerprint density at radius 2 is 0.574 bits per heavy atom. The number of likely N-dealkylation sites (N-methyl/N-ethyl adjacent to an activating group) is 1. The zero-order valence-corrected chi connectivity index (χ0v) is 62.3. The van der Waals surface area contributed by atoms with Crippen LogP contribution in [0.15, 0.2) is 146 Å². The molecule has 94 heavy (non-hydrogen) atoms. The van der Waals surface area contributed by atoms with Crippen molar-refractivity contribution in [2.75, 3.05) is 47.5 Å². The number of phosphoric ester groups is 1. The Hall–Kier alpha value is -4.11. The molecule has 0 aliphatic carbocycles. The summed E-state index contributed by atoms with van der Waals surface area (Å²) in [4.78, 5) is 38.2. The molecule has 9 nitrogen and oxygen atoms in total. The molecule has 0 heterocycles. The van der Waals surface area contributed by atoms with Crippen molar-refractivity contribution in [2.45, 2.75) is 328 Å². The van der Waals surface area contributed by atoms with Crippen molar-refractivity contribution in [1.82, 2.24) is 0 Å². The lowest BCUT2D eigenvalue weighted by Gasteiger charge is -2.28. The van der Waals surface area contributed by atoms with E-state index in [1.54, 1.807) is 0 Å². The topological polar surface area (TPSA) is 111 Å². The van der Waals surface area contributed by atoms with Gasteiger partial charge in [0.05, 0.1) is 27.7 Å². The zero-order valence-electron chi connectivity index (χ0n) is 61.4. The SMILES string of the molecule is CC/C=C\C/C=C\C/C=C\C/C=C\C/C=C\C/C=C\CCCCCCCCCCCCCCCCCCCCCCC(=O)OC(COC(=O)CCCCCCCCCCCCCC/C=C\C/C=C\C/C=C\C/C=C\C/C=C\C/C=C\CC)COP(=O)([O-])OCC[N+](C)(C)C. The molecule has 0 bridgehead atoms. The fourth-order valence-corrected chi connectivity index (χ4v) is 11.3. The number of rotatable bonds is 70. The van der Waals surface area contributed by atoms with Gasteiger partial charge < -0.3 is 27.9 Å². The molecule has 0 saturated carbocycles. The minimum absolute atomic E-state index is 0.0351. The van der Waals surface area contributed by atoms with Crippen molar-refractivity contribution < 1.29 is 42.1 Å². The van der Waals surface area contributed by atoms with Crippen molar-refractivity contribution in [3.8, 4) is 0 Å². The first kappa shape index (κ1) is 89.9. The van der Waals surface area contributed by atoms with E-state index in [1.165, 1.54) is 173 Å². The van der Waals surface area contributed by atoms with Crippen LogP contribution in [0, 0.1) is 0 Å². The van der Waals surface area contributed by atoms with Crippen LogP contribution in [-0.4, -0.2) is 70.0 Å². The highest BCUT2D eigenvalue weighted by atomic mass is 31.2. The Bertz CT molecular complexity index is 2100. The van der Waals surface area contributed by atoms with Crippen molar-refractivity contribution >= 4 is 19.8 Å². The van der Waals surface area contributed by atoms with Gasteiger partial charge >= 0.3 is 11.9 Å². The first-order chi connectivity index (χ1) is 46.0. The number of phosphoric acid groups is 1. The van der Waals surface area contributed by atoms with Crippen LogP contribution < -0.4 is 4.89 Å². The molecule has 0 aromatic carbocycles. The molecule has 0 saturated heterocycles. The van der Waals surface area contributed by atoms with Gasteiger partial charge in [-0.25, -0.2) is 0 Å². The van der Waals surface area contributed by atoms with E-state index in [0.29, 0.717) is 17.4 Å². The standard InChI is InChI=1S/C84H144NO8P/c1-6-8-10-12-14-16-18-20-22-24-26-28-30-32-34-36-38-39-40-41-42-43-44-45-47-49-51-53-55-57-59-61-63-65-67-69-71-73-75-77-84(87)93-82(81-92-94(88,89)91-79-78-85(3,4)5)80-90-83(86)76-74-72-70-68-66-64-62-60-58-56-54-52-50-48-46-37-35-33-31-29-27-25-23-21-19-17-15-13-11-9-7-2/h8-11,14-17,20-23,26-29,32-35,38-39,46,48,82H,6-7,12-13,18-19,24-25,30-31,36-37,40-45,47,49-81H2,1-5H3/b10-8-,11-9-,16-14-,17-15-,22-20-,23-21-,28-26-,29-27-,34-32-,35-33-,39-38-,48-46-. The lowest BCUT2D eigenvalue weighted by atomic mass is 10.0. The minimum Gasteiger partial charge on any atom is -0.756 e. The summed E-state index contributed by atoms with van der Waals surface area (Å²) in [5.41, 5.74) is 0. The van der Waals surface area contributed by atoms with E-state index in [0.717, 1.165) is 116 Å². The second-order valence-corrected chi connectivity index (χ2v) is 28.0. The van der Waals surface area contributed by atoms with Crippen molar-refractivity contribution in [1.29, 1.82) is 0 Å². The number of carbonyl (C=O) groups is 2. The van der Waals surface area contributed by atoms with Crippen molar-refractivity contribution in [3.05, 3.63) is 146 Å². The lowest BCUT2D eigenvalue weighted by Crippen LogP contribution is -2.37. The average Bonchev–Trinajstić information content (AvgIpc) is 1.56. The number of carbonyl (C=O) groups excluding carboxylic acids is 2. The predicted octanol–water partition coefficient (Wildman–Crippen LogP) is 25.1. The predicted molar refractivity (Wildman–Crippen MR) is 406 cm³/mol. The van der Waals surface area contributed by atoms with E-state index in [9.17, 15) is 19.0 Å². The largest absolute Gasteiger partial charge is 0.756 e. The maximum Gasteiger partial charge on any atom is 0.306 e. The van der Waals surface area contributed by atoms with Gasteiger partial charge in [0, 0.05) is 12.8 Å². The summed E-state index contributed by atoms with van der Waals surface area (Å²) in [5, 5.41) is 0. The molecule has 0 aliphatic rings. The molecule has 0 radical (unpaired) electrons. The molecule has 0 amide bonds. The van der Waals surface area contributed by atoms with Crippen LogP contribution >= 0.6 is 7.82 Å². The minimum atomic E-state index is -4.65. The molecule has 0 aliphatic heterocycles. The van der Waals surface area contributed by atoms with Gasteiger partial charge in [-0.2, -0.15) is 0 Å². The molecule has 2 unspecified atom stereocenters. The van der Waals surface area contributed by atoms with Gasteiger partial charge in [-0.15, -0.1) is 0 Å². The van der Waals surface area contributed by atoms with Crippen LogP contribution in [0.5, 0.6) is 0 Å². The number of hydrogen-bond donors (Lipinski definition) is 0. The van der Waals surface area contributed by atoms with E-state index in [-0.39, 0.29) is 32.0 Å². The van der Waals surface area contributed by atoms with Crippen molar-refractivity contribution in [3.63, 3.8) is 0 Å². The number of hydrogen-bond acceptors (Lipinski definition) is 8. The molecule has 0 aromatic heterocycles. The Labute approximate surface area is 580 Å². The molecule has 0 rings (SSSR count). The summed E-state index contributed by atoms with van der Waals surface area (Å²) >= 11 is 0. The van der Waals surface area contributed by atoms with Crippen LogP contribution in [0.2, 0.25) is 0 Å². The molecule has 0 N–H and O–H groups in total. The quantitative estimate of drug-likeness (QED) is 0.0195. The van der Waals surface area contributed by atoms with Gasteiger partial charge in [-0.3, -0.25) is 14.2 Å². The molecule has 2 atom stereocenters. The third-order valence-electron chi connectivity index (χ3n) is 16.4. The second-order valence-electron chi connectivity index (χ2n) is 26.6. The maximum atomic E-state index is 12.9. The number of nitrogens with zero attached hydrogens (tertiary/aromatic N) is 1. The van der Waals surface area contributed by atoms with Gasteiger partial charge in [-0.1, -0.05) is 339 Å². The third-order valence-corrected chi connectivity index (χ3v) is 17.3. The number of quaternary nitrogens is 1. The van der Waals surface area contributed by atoms with Crippen LogP contribution in [0.3, 0.4) is 0 Å². The number of ether oxygens (including phenoxy) is 2. The number of unbranched alkanes of at least 4 members (excludes halogenated alkanes) is 32. The lowest BCUT2D eigenvalue weighted by molar-refractivity contribution is -0.870. The van der Waals surface area contributed by atoms with E-state index in [4.69, 9.17) is 18.5 Å². The summed E-state index contributed by atoms with van der Waals surface area (Å²) in [7, 11) is 1.16. The summed E-state index contributed by atoms with van der Waals surface area (Å²) < 4.78 is 34.4. The van der Waals surface area contributed by atoms with Gasteiger partial charge in [0.2, 0.25) is 0 Å². The number of esters is 2. The van der Waals surface area contributed by atoms with Gasteiger partial charge in [0.25, 0.3) is 7.82 Å². The summed E-state index contributed by atoms with van der Waals surface area (Å²) in [6.45, 7) is 4.03.